The molecule has 23 heavy (non-hydrogen) atoms. The van der Waals surface area contributed by atoms with Gasteiger partial charge in [-0.15, -0.1) is 0 Å². The van der Waals surface area contributed by atoms with Crippen molar-refractivity contribution in [3.05, 3.63) is 12.7 Å². The van der Waals surface area contributed by atoms with E-state index in [1.54, 1.807) is 6.92 Å². The van der Waals surface area contributed by atoms with Gasteiger partial charge < -0.3 is 15.2 Å². The number of carbonyl (C=O) groups excluding carboxylic acids is 2. The van der Waals surface area contributed by atoms with Gasteiger partial charge in [0.2, 0.25) is 0 Å². The highest BCUT2D eigenvalue weighted by atomic mass is 16.6. The lowest BCUT2D eigenvalue weighted by molar-refractivity contribution is -0.149. The molecule has 0 aromatic carbocycles. The van der Waals surface area contributed by atoms with Crippen LogP contribution >= 0.6 is 0 Å². The zero-order valence-corrected chi connectivity index (χ0v) is 15.1. The molecule has 0 saturated carbocycles. The van der Waals surface area contributed by atoms with E-state index in [2.05, 4.69) is 6.58 Å². The maximum absolute atomic E-state index is 12.6. The number of hydrogen-bond donors (Lipinski definition) is 1. The summed E-state index contributed by atoms with van der Waals surface area (Å²) in [6, 6.07) is -0.543. The largest absolute Gasteiger partial charge is 0.445 e. The van der Waals surface area contributed by atoms with E-state index >= 15 is 0 Å². The second-order valence-corrected chi connectivity index (χ2v) is 7.74. The molecule has 1 rings (SSSR count). The fourth-order valence-electron chi connectivity index (χ4n) is 2.73. The quantitative estimate of drug-likeness (QED) is 0.620. The molecular weight excluding hydrogens is 296 g/mol. The first-order valence-corrected chi connectivity index (χ1v) is 7.99. The summed E-state index contributed by atoms with van der Waals surface area (Å²) in [6.07, 6.45) is 0.731. The van der Waals surface area contributed by atoms with Crippen molar-refractivity contribution in [3.63, 3.8) is 0 Å². The van der Waals surface area contributed by atoms with E-state index in [9.17, 15) is 9.59 Å². The molecule has 0 spiro atoms. The third kappa shape index (κ3) is 3.86. The molecule has 1 heterocycles. The number of esters is 1. The molecule has 0 radical (unpaired) electrons. The van der Waals surface area contributed by atoms with E-state index in [1.807, 2.05) is 34.6 Å². The van der Waals surface area contributed by atoms with E-state index < -0.39 is 35.3 Å². The maximum Gasteiger partial charge on any atom is 0.414 e. The van der Waals surface area contributed by atoms with E-state index in [4.69, 9.17) is 15.2 Å². The van der Waals surface area contributed by atoms with Crippen LogP contribution < -0.4 is 5.73 Å². The highest BCUT2D eigenvalue weighted by molar-refractivity contribution is 5.89. The number of hydrogen-bond acceptors (Lipinski definition) is 5. The van der Waals surface area contributed by atoms with Crippen molar-refractivity contribution in [2.45, 2.75) is 65.8 Å². The van der Waals surface area contributed by atoms with Crippen molar-refractivity contribution in [1.82, 2.24) is 4.90 Å². The Morgan fingerprint density at radius 3 is 2.52 bits per heavy atom. The van der Waals surface area contributed by atoms with Crippen LogP contribution in [0.15, 0.2) is 12.7 Å². The Balaban J connectivity index is 3.25. The molecular formula is C17H30N2O4. The molecule has 0 aromatic rings. The van der Waals surface area contributed by atoms with Gasteiger partial charge in [-0.25, -0.2) is 9.59 Å². The summed E-state index contributed by atoms with van der Waals surface area (Å²) in [4.78, 5) is 26.5. The number of carbonyl (C=O) groups is 2. The Hall–Kier alpha value is -1.56. The minimum atomic E-state index is -1.25. The normalized spacial score (nSPS) is 26.2. The zero-order valence-electron chi connectivity index (χ0n) is 15.1. The van der Waals surface area contributed by atoms with Crippen molar-refractivity contribution in [3.8, 4) is 0 Å². The fraction of sp³-hybridized carbons (Fsp3) is 0.765. The van der Waals surface area contributed by atoms with Crippen LogP contribution in [-0.4, -0.2) is 41.4 Å². The van der Waals surface area contributed by atoms with Crippen LogP contribution in [0.3, 0.4) is 0 Å². The van der Waals surface area contributed by atoms with Crippen LogP contribution in [0.1, 0.15) is 48.0 Å². The summed E-state index contributed by atoms with van der Waals surface area (Å²) in [6.45, 7) is 15.0. The average Bonchev–Trinajstić information content (AvgIpc) is 2.69. The van der Waals surface area contributed by atoms with Crippen molar-refractivity contribution in [2.24, 2.45) is 17.1 Å². The highest BCUT2D eigenvalue weighted by Gasteiger charge is 2.61. The second-order valence-electron chi connectivity index (χ2n) is 7.74. The second kappa shape index (κ2) is 6.91. The molecule has 1 fully saturated rings. The van der Waals surface area contributed by atoms with Crippen LogP contribution in [0.4, 0.5) is 4.79 Å². The molecule has 6 heteroatoms. The molecule has 0 unspecified atom stereocenters. The molecule has 1 aliphatic heterocycles. The molecule has 132 valence electrons. The molecule has 0 aromatic heterocycles. The van der Waals surface area contributed by atoms with Crippen LogP contribution in [0.25, 0.3) is 0 Å². The molecule has 3 atom stereocenters. The average molecular weight is 326 g/mol. The van der Waals surface area contributed by atoms with Gasteiger partial charge in [-0.3, -0.25) is 4.90 Å². The molecule has 1 aliphatic rings. The Morgan fingerprint density at radius 1 is 1.52 bits per heavy atom. The molecule has 1 amide bonds. The zero-order chi connectivity index (χ0) is 18.0. The van der Waals surface area contributed by atoms with E-state index in [-0.39, 0.29) is 12.5 Å². The lowest BCUT2D eigenvalue weighted by atomic mass is 9.84. The summed E-state index contributed by atoms with van der Waals surface area (Å²) in [5.41, 5.74) is 4.59. The molecule has 2 N–H and O–H groups in total. The Kier molecular flexibility index (Phi) is 5.85. The first-order valence-electron chi connectivity index (χ1n) is 7.99. The van der Waals surface area contributed by atoms with Crippen LogP contribution in [0, 0.1) is 11.3 Å². The number of rotatable bonds is 5. The SMILES string of the molecule is C=CCOC(=O)N1[C@H](C(C)(C)C)OC(=O)[C@@]1(C)[C@@H](N)CC(C)C. The van der Waals surface area contributed by atoms with Crippen molar-refractivity contribution < 1.29 is 19.1 Å². The smallest absolute Gasteiger partial charge is 0.414 e. The predicted molar refractivity (Wildman–Crippen MR) is 88.6 cm³/mol. The molecule has 0 aliphatic carbocycles. The van der Waals surface area contributed by atoms with Gasteiger partial charge in [-0.05, 0) is 19.3 Å². The summed E-state index contributed by atoms with van der Waals surface area (Å²) < 4.78 is 10.7. The number of ether oxygens (including phenoxy) is 2. The van der Waals surface area contributed by atoms with Crippen molar-refractivity contribution in [1.29, 1.82) is 0 Å². The highest BCUT2D eigenvalue weighted by Crippen LogP contribution is 2.40. The topological polar surface area (TPSA) is 81.9 Å². The number of nitrogens with two attached hydrogens (primary N) is 1. The number of cyclic esters (lactones) is 1. The van der Waals surface area contributed by atoms with Gasteiger partial charge in [0.15, 0.2) is 11.8 Å². The monoisotopic (exact) mass is 326 g/mol. The Bertz CT molecular complexity index is 470. The van der Waals surface area contributed by atoms with Gasteiger partial charge in [0.25, 0.3) is 0 Å². The minimum Gasteiger partial charge on any atom is -0.445 e. The number of nitrogens with zero attached hydrogens (tertiary/aromatic N) is 1. The molecule has 6 nitrogen and oxygen atoms in total. The van der Waals surface area contributed by atoms with Gasteiger partial charge in [0, 0.05) is 11.5 Å². The van der Waals surface area contributed by atoms with Crippen molar-refractivity contribution in [2.75, 3.05) is 6.61 Å². The van der Waals surface area contributed by atoms with Gasteiger partial charge in [-0.1, -0.05) is 47.3 Å². The summed E-state index contributed by atoms with van der Waals surface area (Å²) >= 11 is 0. The van der Waals surface area contributed by atoms with Crippen LogP contribution in [0.5, 0.6) is 0 Å². The summed E-state index contributed by atoms with van der Waals surface area (Å²) in [5.74, 6) is -0.199. The number of amides is 1. The van der Waals surface area contributed by atoms with Crippen LogP contribution in [-0.2, 0) is 14.3 Å². The first kappa shape index (κ1) is 19.5. The van der Waals surface area contributed by atoms with Gasteiger partial charge >= 0.3 is 12.1 Å². The van der Waals surface area contributed by atoms with E-state index in [1.165, 1.54) is 11.0 Å². The third-order valence-corrected chi connectivity index (χ3v) is 4.08. The maximum atomic E-state index is 12.6. The Labute approximate surface area is 139 Å². The lowest BCUT2D eigenvalue weighted by Gasteiger charge is -2.40. The van der Waals surface area contributed by atoms with Gasteiger partial charge in [-0.2, -0.15) is 0 Å². The Morgan fingerprint density at radius 2 is 2.09 bits per heavy atom. The van der Waals surface area contributed by atoms with Crippen molar-refractivity contribution >= 4 is 12.1 Å². The van der Waals surface area contributed by atoms with Crippen LogP contribution in [0.2, 0.25) is 0 Å². The lowest BCUT2D eigenvalue weighted by Crippen LogP contribution is -2.63. The molecule has 0 bridgehead atoms. The standard InChI is InChI=1S/C17H30N2O4/c1-8-9-22-15(21)19-13(16(4,5)6)23-14(20)17(19,7)12(18)10-11(2)3/h8,11-13H,1,9-10,18H2,2-7H3/t12-,13-,17+/m0/s1. The van der Waals surface area contributed by atoms with Gasteiger partial charge in [0.1, 0.15) is 6.61 Å². The van der Waals surface area contributed by atoms with E-state index in [0.717, 1.165) is 0 Å². The predicted octanol–water partition coefficient (Wildman–Crippen LogP) is 2.67. The third-order valence-electron chi connectivity index (χ3n) is 4.08. The first-order chi connectivity index (χ1) is 10.5. The summed E-state index contributed by atoms with van der Waals surface area (Å²) in [5, 5.41) is 0. The fourth-order valence-corrected chi connectivity index (χ4v) is 2.73. The summed E-state index contributed by atoms with van der Waals surface area (Å²) in [7, 11) is 0. The minimum absolute atomic E-state index is 0.0654. The van der Waals surface area contributed by atoms with E-state index in [0.29, 0.717) is 6.42 Å². The molecule has 1 saturated heterocycles. The van der Waals surface area contributed by atoms with Gasteiger partial charge in [0.05, 0.1) is 0 Å².